The zero-order valence-electron chi connectivity index (χ0n) is 13.0. The quantitative estimate of drug-likeness (QED) is 0.688. The molecule has 5 nitrogen and oxygen atoms in total. The molecule has 0 radical (unpaired) electrons. The minimum absolute atomic E-state index is 0.0278. The molecule has 2 heterocycles. The van der Waals surface area contributed by atoms with E-state index in [1.54, 1.807) is 25.3 Å². The van der Waals surface area contributed by atoms with Crippen LogP contribution in [0.2, 0.25) is 0 Å². The van der Waals surface area contributed by atoms with Crippen molar-refractivity contribution in [2.24, 2.45) is 0 Å². The van der Waals surface area contributed by atoms with Gasteiger partial charge in [-0.15, -0.1) is 0 Å². The van der Waals surface area contributed by atoms with Gasteiger partial charge in [-0.1, -0.05) is 34.8 Å². The van der Waals surface area contributed by atoms with Gasteiger partial charge in [0.05, 0.1) is 19.1 Å². The van der Waals surface area contributed by atoms with Crippen molar-refractivity contribution in [3.63, 3.8) is 0 Å². The number of methoxy groups -OCH3 is 1. The standard InChI is InChI=1S/C16H16Cl3NO4/c1-23-10-2-3-11-12(21)9-15(24-13(11)8-10)4-6-20(7-5-15)14(22)16(17,18)19/h2-3,8H,4-7,9H2,1H3. The Morgan fingerprint density at radius 1 is 1.29 bits per heavy atom. The van der Waals surface area contributed by atoms with Crippen LogP contribution in [0.4, 0.5) is 0 Å². The van der Waals surface area contributed by atoms with Crippen molar-refractivity contribution in [1.29, 1.82) is 0 Å². The first-order chi connectivity index (χ1) is 11.2. The maximum atomic E-state index is 12.5. The molecule has 0 bridgehead atoms. The van der Waals surface area contributed by atoms with Crippen molar-refractivity contribution in [3.8, 4) is 11.5 Å². The second kappa shape index (κ2) is 6.28. The number of carbonyl (C=O) groups excluding carboxylic acids is 2. The summed E-state index contributed by atoms with van der Waals surface area (Å²) in [6, 6.07) is 5.16. The molecule has 1 saturated heterocycles. The molecule has 130 valence electrons. The second-order valence-electron chi connectivity index (χ2n) is 6.04. The van der Waals surface area contributed by atoms with Crippen LogP contribution in [0.1, 0.15) is 29.6 Å². The summed E-state index contributed by atoms with van der Waals surface area (Å²) in [6.45, 7) is 0.749. The zero-order chi connectivity index (χ0) is 17.5. The van der Waals surface area contributed by atoms with Crippen LogP contribution in [0.15, 0.2) is 18.2 Å². The maximum absolute atomic E-state index is 12.5. The summed E-state index contributed by atoms with van der Waals surface area (Å²) in [5, 5.41) is 0. The van der Waals surface area contributed by atoms with Gasteiger partial charge in [0, 0.05) is 32.0 Å². The van der Waals surface area contributed by atoms with Crippen LogP contribution in [0.3, 0.4) is 0 Å². The van der Waals surface area contributed by atoms with Gasteiger partial charge in [0.2, 0.25) is 0 Å². The lowest BCUT2D eigenvalue weighted by molar-refractivity contribution is -0.133. The number of halogens is 3. The van der Waals surface area contributed by atoms with Gasteiger partial charge >= 0.3 is 0 Å². The summed E-state index contributed by atoms with van der Waals surface area (Å²) >= 11 is 17.0. The van der Waals surface area contributed by atoms with E-state index < -0.39 is 15.3 Å². The molecule has 2 aliphatic heterocycles. The van der Waals surface area contributed by atoms with E-state index in [1.807, 2.05) is 0 Å². The number of rotatable bonds is 1. The molecule has 0 unspecified atom stereocenters. The van der Waals surface area contributed by atoms with Crippen molar-refractivity contribution in [2.75, 3.05) is 20.2 Å². The Morgan fingerprint density at radius 3 is 2.54 bits per heavy atom. The van der Waals surface area contributed by atoms with Crippen molar-refractivity contribution in [2.45, 2.75) is 28.7 Å². The topological polar surface area (TPSA) is 55.8 Å². The molecule has 3 rings (SSSR count). The molecule has 8 heteroatoms. The molecule has 1 aromatic carbocycles. The number of Topliss-reactive ketones (excluding diaryl/α,β-unsaturated/α-hetero) is 1. The lowest BCUT2D eigenvalue weighted by Gasteiger charge is -2.44. The molecule has 24 heavy (non-hydrogen) atoms. The van der Waals surface area contributed by atoms with Crippen LogP contribution in [0.5, 0.6) is 11.5 Å². The number of fused-ring (bicyclic) bond motifs is 1. The van der Waals surface area contributed by atoms with Gasteiger partial charge in [-0.2, -0.15) is 0 Å². The lowest BCUT2D eigenvalue weighted by Crippen LogP contribution is -2.54. The summed E-state index contributed by atoms with van der Waals surface area (Å²) in [6.07, 6.45) is 1.28. The molecule has 0 atom stereocenters. The zero-order valence-corrected chi connectivity index (χ0v) is 15.2. The van der Waals surface area contributed by atoms with E-state index in [0.29, 0.717) is 43.0 Å². The van der Waals surface area contributed by atoms with E-state index >= 15 is 0 Å². The molecular formula is C16H16Cl3NO4. The second-order valence-corrected chi connectivity index (χ2v) is 8.32. The Kier molecular flexibility index (Phi) is 4.62. The molecule has 1 amide bonds. The smallest absolute Gasteiger partial charge is 0.274 e. The fourth-order valence-corrected chi connectivity index (χ4v) is 3.54. The number of ketones is 1. The van der Waals surface area contributed by atoms with Crippen molar-refractivity contribution in [1.82, 2.24) is 4.90 Å². The monoisotopic (exact) mass is 391 g/mol. The predicted molar refractivity (Wildman–Crippen MR) is 91.4 cm³/mol. The molecule has 0 saturated carbocycles. The van der Waals surface area contributed by atoms with Gasteiger partial charge < -0.3 is 14.4 Å². The van der Waals surface area contributed by atoms with Crippen LogP contribution in [0.25, 0.3) is 0 Å². The van der Waals surface area contributed by atoms with Crippen LogP contribution in [-0.2, 0) is 4.79 Å². The lowest BCUT2D eigenvalue weighted by atomic mass is 9.82. The van der Waals surface area contributed by atoms with Gasteiger partial charge in [0.15, 0.2) is 5.78 Å². The van der Waals surface area contributed by atoms with E-state index in [1.165, 1.54) is 4.90 Å². The minimum Gasteiger partial charge on any atom is -0.497 e. The van der Waals surface area contributed by atoms with Crippen LogP contribution in [-0.4, -0.2) is 46.2 Å². The van der Waals surface area contributed by atoms with Crippen molar-refractivity contribution < 1.29 is 19.1 Å². The Morgan fingerprint density at radius 2 is 1.96 bits per heavy atom. The highest BCUT2D eigenvalue weighted by Gasteiger charge is 2.46. The fourth-order valence-electron chi connectivity index (χ4n) is 3.18. The van der Waals surface area contributed by atoms with E-state index in [0.717, 1.165) is 0 Å². The number of ether oxygens (including phenoxy) is 2. The molecule has 1 spiro atoms. The number of likely N-dealkylation sites (tertiary alicyclic amines) is 1. The van der Waals surface area contributed by atoms with Gasteiger partial charge in [0.1, 0.15) is 17.1 Å². The van der Waals surface area contributed by atoms with E-state index in [9.17, 15) is 9.59 Å². The highest BCUT2D eigenvalue weighted by molar-refractivity contribution is 6.76. The van der Waals surface area contributed by atoms with E-state index in [2.05, 4.69) is 0 Å². The first kappa shape index (κ1) is 17.6. The van der Waals surface area contributed by atoms with Gasteiger partial charge in [-0.3, -0.25) is 9.59 Å². The number of benzene rings is 1. The van der Waals surface area contributed by atoms with Crippen LogP contribution < -0.4 is 9.47 Å². The number of amides is 1. The van der Waals surface area contributed by atoms with Gasteiger partial charge in [0.25, 0.3) is 9.70 Å². The number of hydrogen-bond donors (Lipinski definition) is 0. The molecule has 0 N–H and O–H groups in total. The highest BCUT2D eigenvalue weighted by Crippen LogP contribution is 2.41. The van der Waals surface area contributed by atoms with E-state index in [-0.39, 0.29) is 12.2 Å². The molecule has 1 fully saturated rings. The molecular weight excluding hydrogens is 377 g/mol. The third-order valence-electron chi connectivity index (χ3n) is 4.50. The first-order valence-electron chi connectivity index (χ1n) is 7.50. The molecule has 0 aromatic heterocycles. The Labute approximate surface area is 154 Å². The van der Waals surface area contributed by atoms with Gasteiger partial charge in [-0.25, -0.2) is 0 Å². The molecule has 1 aromatic rings. The first-order valence-corrected chi connectivity index (χ1v) is 8.64. The largest absolute Gasteiger partial charge is 0.497 e. The number of alkyl halides is 3. The third-order valence-corrected chi connectivity index (χ3v) is 4.99. The SMILES string of the molecule is COc1ccc2c(c1)OC1(CCN(C(=O)C(Cl)(Cl)Cl)CC1)CC2=O. The summed E-state index contributed by atoms with van der Waals surface area (Å²) in [5.41, 5.74) is -0.0675. The Hall–Kier alpha value is -1.17. The number of hydrogen-bond acceptors (Lipinski definition) is 4. The average molecular weight is 393 g/mol. The van der Waals surface area contributed by atoms with Crippen LogP contribution in [0, 0.1) is 0 Å². The summed E-state index contributed by atoms with van der Waals surface area (Å²) in [5.74, 6) is 0.626. The average Bonchev–Trinajstić information content (AvgIpc) is 2.53. The highest BCUT2D eigenvalue weighted by atomic mass is 35.6. The number of carbonyl (C=O) groups is 2. The fraction of sp³-hybridized carbons (Fsp3) is 0.500. The summed E-state index contributed by atoms with van der Waals surface area (Å²) in [7, 11) is 1.56. The normalized spacial score (nSPS) is 19.7. The summed E-state index contributed by atoms with van der Waals surface area (Å²) < 4.78 is 9.37. The molecule has 2 aliphatic rings. The Bertz CT molecular complexity index is 678. The van der Waals surface area contributed by atoms with Gasteiger partial charge in [-0.05, 0) is 12.1 Å². The van der Waals surface area contributed by atoms with Crippen molar-refractivity contribution in [3.05, 3.63) is 23.8 Å². The third kappa shape index (κ3) is 3.30. The van der Waals surface area contributed by atoms with Crippen LogP contribution >= 0.6 is 34.8 Å². The van der Waals surface area contributed by atoms with Crippen molar-refractivity contribution >= 4 is 46.5 Å². The maximum Gasteiger partial charge on any atom is 0.274 e. The van der Waals surface area contributed by atoms with E-state index in [4.69, 9.17) is 44.3 Å². The molecule has 0 aliphatic carbocycles. The Balaban J connectivity index is 1.77. The number of nitrogens with zero attached hydrogens (tertiary/aromatic N) is 1. The summed E-state index contributed by atoms with van der Waals surface area (Å²) in [4.78, 5) is 26.0. The minimum atomic E-state index is -1.96. The predicted octanol–water partition coefficient (Wildman–Crippen LogP) is 3.39. The number of piperidine rings is 1.